The Hall–Kier alpha value is -1.27. The number of nitrogens with one attached hydrogen (secondary N) is 1. The van der Waals surface area contributed by atoms with Gasteiger partial charge in [-0.05, 0) is 31.9 Å². The van der Waals surface area contributed by atoms with E-state index in [0.717, 1.165) is 12.8 Å². The molecule has 1 aromatic heterocycles. The molecule has 5 nitrogen and oxygen atoms in total. The highest BCUT2D eigenvalue weighted by atomic mass is 35.5. The minimum absolute atomic E-state index is 0.0917. The second kappa shape index (κ2) is 6.95. The van der Waals surface area contributed by atoms with Gasteiger partial charge in [-0.15, -0.1) is 11.3 Å². The van der Waals surface area contributed by atoms with Crippen molar-refractivity contribution < 1.29 is 14.3 Å². The van der Waals surface area contributed by atoms with Gasteiger partial charge >= 0.3 is 6.09 Å². The lowest BCUT2D eigenvalue weighted by Gasteiger charge is -2.31. The molecule has 1 aliphatic rings. The molecule has 2 amide bonds. The van der Waals surface area contributed by atoms with Gasteiger partial charge in [0.1, 0.15) is 0 Å². The number of carbonyl (C=O) groups is 2. The van der Waals surface area contributed by atoms with Gasteiger partial charge in [-0.25, -0.2) is 4.79 Å². The molecule has 110 valence electrons. The zero-order valence-corrected chi connectivity index (χ0v) is 12.8. The maximum absolute atomic E-state index is 12.0. The van der Waals surface area contributed by atoms with E-state index in [1.54, 1.807) is 24.0 Å². The van der Waals surface area contributed by atoms with Crippen LogP contribution in [0, 0.1) is 0 Å². The van der Waals surface area contributed by atoms with E-state index in [2.05, 4.69) is 5.32 Å². The van der Waals surface area contributed by atoms with Gasteiger partial charge in [-0.2, -0.15) is 0 Å². The first kappa shape index (κ1) is 15.1. The average molecular weight is 317 g/mol. The molecule has 7 heteroatoms. The molecule has 0 radical (unpaired) electrons. The summed E-state index contributed by atoms with van der Waals surface area (Å²) >= 11 is 7.08. The average Bonchev–Trinajstić information content (AvgIpc) is 2.86. The van der Waals surface area contributed by atoms with Crippen molar-refractivity contribution in [2.45, 2.75) is 25.8 Å². The Morgan fingerprint density at radius 1 is 1.45 bits per heavy atom. The molecule has 0 saturated carbocycles. The van der Waals surface area contributed by atoms with Crippen molar-refractivity contribution in [3.05, 3.63) is 21.3 Å². The highest BCUT2D eigenvalue weighted by Gasteiger charge is 2.25. The van der Waals surface area contributed by atoms with Gasteiger partial charge in [0.25, 0.3) is 5.91 Å². The molecule has 0 aliphatic carbocycles. The normalized spacial score (nSPS) is 16.0. The molecule has 0 atom stereocenters. The molecule has 1 aromatic rings. The fourth-order valence-corrected chi connectivity index (χ4v) is 3.06. The Labute approximate surface area is 126 Å². The number of halogens is 1. The first-order chi connectivity index (χ1) is 9.60. The summed E-state index contributed by atoms with van der Waals surface area (Å²) in [6, 6.07) is 3.52. The summed E-state index contributed by atoms with van der Waals surface area (Å²) in [5.41, 5.74) is 0. The van der Waals surface area contributed by atoms with Gasteiger partial charge in [-0.1, -0.05) is 11.6 Å². The van der Waals surface area contributed by atoms with Crippen LogP contribution in [0.5, 0.6) is 0 Å². The molecule has 0 unspecified atom stereocenters. The molecule has 0 bridgehead atoms. The summed E-state index contributed by atoms with van der Waals surface area (Å²) in [5, 5.41) is 2.97. The van der Waals surface area contributed by atoms with Gasteiger partial charge in [-0.3, -0.25) is 4.79 Å². The van der Waals surface area contributed by atoms with E-state index < -0.39 is 0 Å². The van der Waals surface area contributed by atoms with Crippen LogP contribution in [0.1, 0.15) is 29.4 Å². The molecule has 1 fully saturated rings. The van der Waals surface area contributed by atoms with Crippen molar-refractivity contribution in [1.82, 2.24) is 10.2 Å². The van der Waals surface area contributed by atoms with Crippen LogP contribution in [0.2, 0.25) is 4.34 Å². The van der Waals surface area contributed by atoms with Crippen molar-refractivity contribution in [3.63, 3.8) is 0 Å². The minimum Gasteiger partial charge on any atom is -0.450 e. The van der Waals surface area contributed by atoms with Crippen molar-refractivity contribution in [2.24, 2.45) is 0 Å². The van der Waals surface area contributed by atoms with E-state index in [-0.39, 0.29) is 18.0 Å². The standard InChI is InChI=1S/C13H17ClN2O3S/c1-2-19-13(18)16-7-5-9(6-8-16)15-12(17)10-3-4-11(14)20-10/h3-4,9H,2,5-8H2,1H3,(H,15,17). The summed E-state index contributed by atoms with van der Waals surface area (Å²) in [7, 11) is 0. The molecular formula is C13H17ClN2O3S. The van der Waals surface area contributed by atoms with E-state index in [4.69, 9.17) is 16.3 Å². The van der Waals surface area contributed by atoms with Crippen LogP contribution in [0.3, 0.4) is 0 Å². The lowest BCUT2D eigenvalue weighted by molar-refractivity contribution is 0.0863. The van der Waals surface area contributed by atoms with E-state index >= 15 is 0 Å². The highest BCUT2D eigenvalue weighted by molar-refractivity contribution is 7.17. The number of ether oxygens (including phenoxy) is 1. The first-order valence-electron chi connectivity index (χ1n) is 6.58. The maximum Gasteiger partial charge on any atom is 0.409 e. The van der Waals surface area contributed by atoms with Crippen LogP contribution in [0.25, 0.3) is 0 Å². The largest absolute Gasteiger partial charge is 0.450 e. The summed E-state index contributed by atoms with van der Waals surface area (Å²) < 4.78 is 5.56. The van der Waals surface area contributed by atoms with Gasteiger partial charge in [0.15, 0.2) is 0 Å². The molecule has 0 spiro atoms. The number of hydrogen-bond acceptors (Lipinski definition) is 4. The fraction of sp³-hybridized carbons (Fsp3) is 0.538. The second-order valence-corrected chi connectivity index (χ2v) is 6.25. The topological polar surface area (TPSA) is 58.6 Å². The van der Waals surface area contributed by atoms with E-state index in [9.17, 15) is 9.59 Å². The number of nitrogens with zero attached hydrogens (tertiary/aromatic N) is 1. The van der Waals surface area contributed by atoms with Crippen LogP contribution in [0.15, 0.2) is 12.1 Å². The minimum atomic E-state index is -0.276. The van der Waals surface area contributed by atoms with Gasteiger partial charge in [0.2, 0.25) is 0 Å². The van der Waals surface area contributed by atoms with Gasteiger partial charge < -0.3 is 15.0 Å². The summed E-state index contributed by atoms with van der Waals surface area (Å²) in [6.07, 6.45) is 1.20. The highest BCUT2D eigenvalue weighted by Crippen LogP contribution is 2.22. The number of carbonyl (C=O) groups excluding carboxylic acids is 2. The monoisotopic (exact) mass is 316 g/mol. The number of likely N-dealkylation sites (tertiary alicyclic amines) is 1. The molecular weight excluding hydrogens is 300 g/mol. The SMILES string of the molecule is CCOC(=O)N1CCC(NC(=O)c2ccc(Cl)s2)CC1. The van der Waals surface area contributed by atoms with Crippen molar-refractivity contribution in [1.29, 1.82) is 0 Å². The zero-order chi connectivity index (χ0) is 14.5. The molecule has 0 aromatic carbocycles. The van der Waals surface area contributed by atoms with Crippen molar-refractivity contribution in [3.8, 4) is 0 Å². The van der Waals surface area contributed by atoms with E-state index in [1.807, 2.05) is 0 Å². The summed E-state index contributed by atoms with van der Waals surface area (Å²) in [5.74, 6) is -0.100. The summed E-state index contributed by atoms with van der Waals surface area (Å²) in [4.78, 5) is 25.8. The van der Waals surface area contributed by atoms with Gasteiger partial charge in [0.05, 0.1) is 15.8 Å². The summed E-state index contributed by atoms with van der Waals surface area (Å²) in [6.45, 7) is 3.38. The maximum atomic E-state index is 12.0. The molecule has 1 saturated heterocycles. The van der Waals surface area contributed by atoms with Gasteiger partial charge in [0, 0.05) is 19.1 Å². The predicted octanol–water partition coefficient (Wildman–Crippen LogP) is 2.75. The number of rotatable bonds is 3. The van der Waals surface area contributed by atoms with Crippen molar-refractivity contribution >= 4 is 34.9 Å². The number of amides is 2. The zero-order valence-electron chi connectivity index (χ0n) is 11.2. The van der Waals surface area contributed by atoms with Crippen LogP contribution in [-0.2, 0) is 4.74 Å². The molecule has 2 heterocycles. The fourth-order valence-electron chi connectivity index (χ4n) is 2.11. The van der Waals surface area contributed by atoms with Crippen LogP contribution in [0.4, 0.5) is 4.79 Å². The van der Waals surface area contributed by atoms with Crippen LogP contribution >= 0.6 is 22.9 Å². The third kappa shape index (κ3) is 3.86. The number of thiophene rings is 1. The lowest BCUT2D eigenvalue weighted by Crippen LogP contribution is -2.46. The number of piperidine rings is 1. The van der Waals surface area contributed by atoms with Crippen molar-refractivity contribution in [2.75, 3.05) is 19.7 Å². The molecule has 2 rings (SSSR count). The Morgan fingerprint density at radius 2 is 2.15 bits per heavy atom. The Bertz CT molecular complexity index is 484. The Morgan fingerprint density at radius 3 is 2.70 bits per heavy atom. The first-order valence-corrected chi connectivity index (χ1v) is 7.77. The lowest BCUT2D eigenvalue weighted by atomic mass is 10.1. The molecule has 20 heavy (non-hydrogen) atoms. The molecule has 1 N–H and O–H groups in total. The number of hydrogen-bond donors (Lipinski definition) is 1. The van der Waals surface area contributed by atoms with Crippen LogP contribution < -0.4 is 5.32 Å². The molecule has 1 aliphatic heterocycles. The third-order valence-corrected chi connectivity index (χ3v) is 4.38. The van der Waals surface area contributed by atoms with E-state index in [0.29, 0.717) is 28.9 Å². The smallest absolute Gasteiger partial charge is 0.409 e. The second-order valence-electron chi connectivity index (χ2n) is 4.54. The van der Waals surface area contributed by atoms with Crippen LogP contribution in [-0.4, -0.2) is 42.6 Å². The Kier molecular flexibility index (Phi) is 5.25. The Balaban J connectivity index is 1.80. The quantitative estimate of drug-likeness (QED) is 0.932. The predicted molar refractivity (Wildman–Crippen MR) is 78.4 cm³/mol. The third-order valence-electron chi connectivity index (χ3n) is 3.15. The van der Waals surface area contributed by atoms with E-state index in [1.165, 1.54) is 11.3 Å².